The first-order chi connectivity index (χ1) is 10.7. The molecule has 1 N–H and O–H groups in total. The normalized spacial score (nSPS) is 13.9. The van der Waals surface area contributed by atoms with Crippen molar-refractivity contribution in [3.8, 4) is 11.5 Å². The Morgan fingerprint density at radius 3 is 2.73 bits per heavy atom. The van der Waals surface area contributed by atoms with Gasteiger partial charge in [-0.25, -0.2) is 0 Å². The zero-order valence-electron chi connectivity index (χ0n) is 11.7. The summed E-state index contributed by atoms with van der Waals surface area (Å²) in [7, 11) is 0. The summed E-state index contributed by atoms with van der Waals surface area (Å²) in [6.07, 6.45) is 3.90. The molecular formula is C16H14INO4. The number of fused-ring (bicyclic) bond motifs is 1. The zero-order valence-corrected chi connectivity index (χ0v) is 13.8. The summed E-state index contributed by atoms with van der Waals surface area (Å²) >= 11 is 2.07. The number of ether oxygens (including phenoxy) is 2. The van der Waals surface area contributed by atoms with Crippen molar-refractivity contribution in [2.45, 2.75) is 6.42 Å². The minimum atomic E-state index is -0.235. The van der Waals surface area contributed by atoms with Crippen molar-refractivity contribution < 1.29 is 18.7 Å². The highest BCUT2D eigenvalue weighted by atomic mass is 127. The summed E-state index contributed by atoms with van der Waals surface area (Å²) in [5.74, 6) is 1.76. The fourth-order valence-electron chi connectivity index (χ4n) is 2.00. The highest BCUT2D eigenvalue weighted by Crippen LogP contribution is 2.32. The lowest BCUT2D eigenvalue weighted by Gasteiger charge is -2.09. The number of amides is 1. The van der Waals surface area contributed by atoms with E-state index in [1.54, 1.807) is 30.3 Å². The summed E-state index contributed by atoms with van der Waals surface area (Å²) in [5, 5.41) is 2.78. The van der Waals surface area contributed by atoms with Crippen LogP contribution in [0.25, 0.3) is 6.08 Å². The van der Waals surface area contributed by atoms with Crippen molar-refractivity contribution >= 4 is 40.3 Å². The lowest BCUT2D eigenvalue weighted by molar-refractivity contribution is -0.111. The molecular weight excluding hydrogens is 397 g/mol. The van der Waals surface area contributed by atoms with Crippen molar-refractivity contribution in [1.29, 1.82) is 0 Å². The van der Waals surface area contributed by atoms with E-state index in [-0.39, 0.29) is 5.91 Å². The van der Waals surface area contributed by atoms with Gasteiger partial charge in [-0.05, 0) is 52.9 Å². The van der Waals surface area contributed by atoms with E-state index < -0.39 is 0 Å². The second-order valence-corrected chi connectivity index (χ2v) is 5.74. The first kappa shape index (κ1) is 15.0. The Hall–Kier alpha value is -1.96. The van der Waals surface area contributed by atoms with Crippen LogP contribution < -0.4 is 14.8 Å². The Kier molecular flexibility index (Phi) is 4.67. The molecule has 0 saturated carbocycles. The number of hydrogen-bond acceptors (Lipinski definition) is 4. The molecule has 2 aromatic rings. The molecule has 0 radical (unpaired) electrons. The summed E-state index contributed by atoms with van der Waals surface area (Å²) in [4.78, 5) is 11.9. The van der Waals surface area contributed by atoms with Gasteiger partial charge in [0.15, 0.2) is 15.3 Å². The topological polar surface area (TPSA) is 60.7 Å². The van der Waals surface area contributed by atoms with Gasteiger partial charge in [0.2, 0.25) is 5.91 Å². The predicted molar refractivity (Wildman–Crippen MR) is 91.1 cm³/mol. The molecule has 114 valence electrons. The van der Waals surface area contributed by atoms with Crippen LogP contribution >= 0.6 is 22.6 Å². The SMILES string of the molecule is O=C(/C=C/c1ccc(I)o1)Nc1ccc2c(c1)OCCCO2. The van der Waals surface area contributed by atoms with E-state index in [2.05, 4.69) is 27.9 Å². The maximum absolute atomic E-state index is 11.9. The van der Waals surface area contributed by atoms with E-state index in [0.717, 1.165) is 10.2 Å². The fourth-order valence-corrected chi connectivity index (χ4v) is 2.43. The number of halogens is 1. The maximum Gasteiger partial charge on any atom is 0.248 e. The quantitative estimate of drug-likeness (QED) is 0.618. The number of rotatable bonds is 3. The monoisotopic (exact) mass is 411 g/mol. The van der Waals surface area contributed by atoms with Crippen LogP contribution in [0.2, 0.25) is 0 Å². The van der Waals surface area contributed by atoms with E-state index >= 15 is 0 Å². The van der Waals surface area contributed by atoms with Crippen LogP contribution in [0, 0.1) is 3.77 Å². The molecule has 1 aromatic heterocycles. The van der Waals surface area contributed by atoms with Crippen LogP contribution in [0.1, 0.15) is 12.2 Å². The van der Waals surface area contributed by atoms with Crippen molar-refractivity contribution in [3.05, 3.63) is 45.9 Å². The molecule has 0 spiro atoms. The van der Waals surface area contributed by atoms with Gasteiger partial charge in [0, 0.05) is 24.3 Å². The van der Waals surface area contributed by atoms with Crippen LogP contribution in [0.4, 0.5) is 5.69 Å². The fraction of sp³-hybridized carbons (Fsp3) is 0.188. The number of benzene rings is 1. The summed E-state index contributed by atoms with van der Waals surface area (Å²) in [5.41, 5.74) is 0.660. The van der Waals surface area contributed by atoms with Gasteiger partial charge in [0.05, 0.1) is 13.2 Å². The third kappa shape index (κ3) is 3.82. The number of furan rings is 1. The van der Waals surface area contributed by atoms with Gasteiger partial charge in [0.25, 0.3) is 0 Å². The second kappa shape index (κ2) is 6.87. The smallest absolute Gasteiger partial charge is 0.248 e. The van der Waals surface area contributed by atoms with Gasteiger partial charge in [-0.3, -0.25) is 4.79 Å². The molecule has 1 aromatic carbocycles. The molecule has 2 heterocycles. The van der Waals surface area contributed by atoms with Crippen LogP contribution in [0.5, 0.6) is 11.5 Å². The highest BCUT2D eigenvalue weighted by Gasteiger charge is 2.11. The van der Waals surface area contributed by atoms with Crippen LogP contribution in [0.3, 0.4) is 0 Å². The van der Waals surface area contributed by atoms with Gasteiger partial charge >= 0.3 is 0 Å². The number of carbonyl (C=O) groups is 1. The standard InChI is InChI=1S/C16H14INO4/c17-15-6-3-12(22-15)4-7-16(19)18-11-2-5-13-14(10-11)21-9-1-8-20-13/h2-7,10H,1,8-9H2,(H,18,19)/b7-4+. The van der Waals surface area contributed by atoms with Gasteiger partial charge < -0.3 is 19.2 Å². The summed E-state index contributed by atoms with van der Waals surface area (Å²) < 4.78 is 17.3. The van der Waals surface area contributed by atoms with E-state index in [4.69, 9.17) is 13.9 Å². The Bertz CT molecular complexity index is 708. The van der Waals surface area contributed by atoms with Crippen molar-refractivity contribution in [2.24, 2.45) is 0 Å². The Balaban J connectivity index is 1.66. The Labute approximate surface area is 141 Å². The van der Waals surface area contributed by atoms with Gasteiger partial charge in [-0.2, -0.15) is 0 Å². The molecule has 6 heteroatoms. The van der Waals surface area contributed by atoms with Crippen molar-refractivity contribution in [1.82, 2.24) is 0 Å². The third-order valence-electron chi connectivity index (χ3n) is 3.01. The van der Waals surface area contributed by atoms with Crippen molar-refractivity contribution in [2.75, 3.05) is 18.5 Å². The van der Waals surface area contributed by atoms with Crippen LogP contribution in [-0.4, -0.2) is 19.1 Å². The number of nitrogens with one attached hydrogen (secondary N) is 1. The molecule has 1 aliphatic heterocycles. The van der Waals surface area contributed by atoms with Crippen LogP contribution in [-0.2, 0) is 4.79 Å². The third-order valence-corrected chi connectivity index (χ3v) is 3.59. The van der Waals surface area contributed by atoms with Gasteiger partial charge in [-0.1, -0.05) is 0 Å². The lowest BCUT2D eigenvalue weighted by Crippen LogP contribution is -2.07. The molecule has 0 atom stereocenters. The molecule has 1 amide bonds. The lowest BCUT2D eigenvalue weighted by atomic mass is 10.2. The van der Waals surface area contributed by atoms with E-state index in [9.17, 15) is 4.79 Å². The van der Waals surface area contributed by atoms with Crippen LogP contribution in [0.15, 0.2) is 40.8 Å². The number of hydrogen-bond donors (Lipinski definition) is 1. The van der Waals surface area contributed by atoms with E-state index in [1.165, 1.54) is 6.08 Å². The largest absolute Gasteiger partial charge is 0.490 e. The molecule has 0 fully saturated rings. The average molecular weight is 411 g/mol. The second-order valence-electron chi connectivity index (χ2n) is 4.68. The zero-order chi connectivity index (χ0) is 15.4. The minimum absolute atomic E-state index is 0.235. The average Bonchev–Trinajstić information content (AvgIpc) is 2.78. The summed E-state index contributed by atoms with van der Waals surface area (Å²) in [6.45, 7) is 1.25. The molecule has 22 heavy (non-hydrogen) atoms. The molecule has 0 saturated heterocycles. The highest BCUT2D eigenvalue weighted by molar-refractivity contribution is 14.1. The molecule has 0 bridgehead atoms. The summed E-state index contributed by atoms with van der Waals surface area (Å²) in [6, 6.07) is 8.99. The van der Waals surface area contributed by atoms with E-state index in [1.807, 2.05) is 6.07 Å². The van der Waals surface area contributed by atoms with Crippen molar-refractivity contribution in [3.63, 3.8) is 0 Å². The van der Waals surface area contributed by atoms with Gasteiger partial charge in [-0.15, -0.1) is 0 Å². The molecule has 3 rings (SSSR count). The first-order valence-corrected chi connectivity index (χ1v) is 7.93. The predicted octanol–water partition coefficient (Wildman–Crippen LogP) is 3.70. The molecule has 5 nitrogen and oxygen atoms in total. The molecule has 0 unspecified atom stereocenters. The minimum Gasteiger partial charge on any atom is -0.490 e. The first-order valence-electron chi connectivity index (χ1n) is 6.85. The van der Waals surface area contributed by atoms with E-state index in [0.29, 0.717) is 36.2 Å². The Morgan fingerprint density at radius 1 is 1.14 bits per heavy atom. The number of carbonyl (C=O) groups excluding carboxylic acids is 1. The van der Waals surface area contributed by atoms with Gasteiger partial charge in [0.1, 0.15) is 5.76 Å². The molecule has 0 aliphatic carbocycles. The number of anilines is 1. The molecule has 1 aliphatic rings. The maximum atomic E-state index is 11.9. The Morgan fingerprint density at radius 2 is 1.95 bits per heavy atom.